The van der Waals surface area contributed by atoms with Crippen molar-refractivity contribution in [2.24, 2.45) is 0 Å². The predicted molar refractivity (Wildman–Crippen MR) is 92.2 cm³/mol. The second-order valence-corrected chi connectivity index (χ2v) is 5.93. The van der Waals surface area contributed by atoms with Crippen LogP contribution in [0.15, 0.2) is 30.5 Å². The number of nitrogens with zero attached hydrogens (tertiary/aromatic N) is 3. The van der Waals surface area contributed by atoms with E-state index in [0.717, 1.165) is 23.3 Å². The van der Waals surface area contributed by atoms with Gasteiger partial charge in [0.1, 0.15) is 5.82 Å². The minimum absolute atomic E-state index is 0.226. The highest BCUT2D eigenvalue weighted by Gasteiger charge is 2.12. The van der Waals surface area contributed by atoms with Gasteiger partial charge < -0.3 is 9.30 Å². The van der Waals surface area contributed by atoms with Crippen LogP contribution < -0.4 is 5.32 Å². The van der Waals surface area contributed by atoms with E-state index < -0.39 is 0 Å². The molecular weight excluding hydrogens is 306 g/mol. The Morgan fingerprint density at radius 2 is 2.21 bits per heavy atom. The highest BCUT2D eigenvalue weighted by atomic mass is 16.5. The largest absolute Gasteiger partial charge is 0.383 e. The van der Waals surface area contributed by atoms with E-state index in [-0.39, 0.29) is 11.8 Å². The summed E-state index contributed by atoms with van der Waals surface area (Å²) in [4.78, 5) is 16.6. The SMILES string of the molecule is COCCn1ccc2cc(C(=O)Nc3n[nH]c(C(C)C)n3)ccc21. The highest BCUT2D eigenvalue weighted by Crippen LogP contribution is 2.19. The summed E-state index contributed by atoms with van der Waals surface area (Å²) < 4.78 is 7.21. The van der Waals surface area contributed by atoms with Crippen LogP contribution in [0.2, 0.25) is 0 Å². The van der Waals surface area contributed by atoms with Gasteiger partial charge in [-0.2, -0.15) is 4.98 Å². The van der Waals surface area contributed by atoms with Gasteiger partial charge in [0.25, 0.3) is 5.91 Å². The zero-order valence-corrected chi connectivity index (χ0v) is 14.0. The van der Waals surface area contributed by atoms with Crippen LogP contribution in [0, 0.1) is 0 Å². The van der Waals surface area contributed by atoms with E-state index in [1.807, 2.05) is 38.2 Å². The summed E-state index contributed by atoms with van der Waals surface area (Å²) in [7, 11) is 1.68. The standard InChI is InChI=1S/C17H21N5O2/c1-11(2)15-18-17(21-20-15)19-16(23)13-4-5-14-12(10-13)6-7-22(14)8-9-24-3/h4-7,10-11H,8-9H2,1-3H3,(H2,18,19,20,21,23). The molecule has 0 fully saturated rings. The van der Waals surface area contributed by atoms with Crippen LogP contribution in [0.3, 0.4) is 0 Å². The van der Waals surface area contributed by atoms with Gasteiger partial charge in [0.15, 0.2) is 0 Å². The zero-order chi connectivity index (χ0) is 17.1. The molecule has 3 aromatic rings. The smallest absolute Gasteiger partial charge is 0.258 e. The maximum Gasteiger partial charge on any atom is 0.258 e. The number of nitrogens with one attached hydrogen (secondary N) is 2. The molecule has 0 saturated carbocycles. The molecule has 2 N–H and O–H groups in total. The number of H-pyrrole nitrogens is 1. The number of aromatic amines is 1. The van der Waals surface area contributed by atoms with Gasteiger partial charge in [-0.1, -0.05) is 13.8 Å². The number of hydrogen-bond donors (Lipinski definition) is 2. The molecule has 0 saturated heterocycles. The summed E-state index contributed by atoms with van der Waals surface area (Å²) in [5.74, 6) is 1.04. The molecule has 0 aliphatic rings. The molecule has 0 radical (unpaired) electrons. The van der Waals surface area contributed by atoms with Crippen LogP contribution in [-0.2, 0) is 11.3 Å². The van der Waals surface area contributed by atoms with Crippen LogP contribution in [-0.4, -0.2) is 39.4 Å². The number of ether oxygens (including phenoxy) is 1. The van der Waals surface area contributed by atoms with Crippen LogP contribution in [0.4, 0.5) is 5.95 Å². The molecule has 3 rings (SSSR count). The molecule has 1 amide bonds. The molecule has 2 aromatic heterocycles. The fraction of sp³-hybridized carbons (Fsp3) is 0.353. The molecule has 0 bridgehead atoms. The zero-order valence-electron chi connectivity index (χ0n) is 14.0. The number of benzene rings is 1. The van der Waals surface area contributed by atoms with Crippen molar-refractivity contribution in [2.45, 2.75) is 26.3 Å². The fourth-order valence-electron chi connectivity index (χ4n) is 2.49. The first-order valence-electron chi connectivity index (χ1n) is 7.90. The average molecular weight is 327 g/mol. The number of aromatic nitrogens is 4. The van der Waals surface area contributed by atoms with E-state index in [4.69, 9.17) is 4.74 Å². The minimum atomic E-state index is -0.226. The van der Waals surface area contributed by atoms with Gasteiger partial charge in [0.2, 0.25) is 5.95 Å². The molecule has 126 valence electrons. The van der Waals surface area contributed by atoms with E-state index in [9.17, 15) is 4.79 Å². The highest BCUT2D eigenvalue weighted by molar-refractivity contribution is 6.05. The Balaban J connectivity index is 1.77. The number of rotatable bonds is 6. The lowest BCUT2D eigenvalue weighted by Gasteiger charge is -2.05. The average Bonchev–Trinajstić information content (AvgIpc) is 3.19. The lowest BCUT2D eigenvalue weighted by molar-refractivity contribution is 0.102. The monoisotopic (exact) mass is 327 g/mol. The second-order valence-electron chi connectivity index (χ2n) is 5.93. The van der Waals surface area contributed by atoms with Gasteiger partial charge in [-0.05, 0) is 24.3 Å². The van der Waals surface area contributed by atoms with Crippen molar-refractivity contribution >= 4 is 22.8 Å². The predicted octanol–water partition coefficient (Wildman–Crippen LogP) is 2.78. The van der Waals surface area contributed by atoms with Crippen molar-refractivity contribution in [1.82, 2.24) is 19.7 Å². The van der Waals surface area contributed by atoms with Crippen LogP contribution >= 0.6 is 0 Å². The molecule has 0 unspecified atom stereocenters. The number of carbonyl (C=O) groups is 1. The lowest BCUT2D eigenvalue weighted by atomic mass is 10.1. The van der Waals surface area contributed by atoms with Crippen molar-refractivity contribution in [3.05, 3.63) is 41.9 Å². The summed E-state index contributed by atoms with van der Waals surface area (Å²) in [5, 5.41) is 10.6. The molecular formula is C17H21N5O2. The Morgan fingerprint density at radius 3 is 2.92 bits per heavy atom. The van der Waals surface area contributed by atoms with Gasteiger partial charge >= 0.3 is 0 Å². The Morgan fingerprint density at radius 1 is 1.38 bits per heavy atom. The third-order valence-electron chi connectivity index (χ3n) is 3.84. The Kier molecular flexibility index (Phi) is 4.61. The van der Waals surface area contributed by atoms with Gasteiger partial charge in [0.05, 0.1) is 6.61 Å². The quantitative estimate of drug-likeness (QED) is 0.729. The molecule has 0 atom stereocenters. The fourth-order valence-corrected chi connectivity index (χ4v) is 2.49. The summed E-state index contributed by atoms with van der Waals surface area (Å²) in [6.07, 6.45) is 2.00. The first kappa shape index (κ1) is 16.2. The number of fused-ring (bicyclic) bond motifs is 1. The molecule has 0 aliphatic carbocycles. The van der Waals surface area contributed by atoms with Crippen LogP contribution in [0.5, 0.6) is 0 Å². The number of carbonyl (C=O) groups excluding carboxylic acids is 1. The molecule has 0 aliphatic heterocycles. The molecule has 24 heavy (non-hydrogen) atoms. The molecule has 2 heterocycles. The number of methoxy groups -OCH3 is 1. The summed E-state index contributed by atoms with van der Waals surface area (Å²) >= 11 is 0. The molecule has 0 spiro atoms. The van der Waals surface area contributed by atoms with Gasteiger partial charge in [-0.15, -0.1) is 5.10 Å². The van der Waals surface area contributed by atoms with Gasteiger partial charge in [0, 0.05) is 42.2 Å². The van der Waals surface area contributed by atoms with E-state index >= 15 is 0 Å². The van der Waals surface area contributed by atoms with Gasteiger partial charge in [-0.3, -0.25) is 15.2 Å². The summed E-state index contributed by atoms with van der Waals surface area (Å²) in [5.41, 5.74) is 1.64. The number of hydrogen-bond acceptors (Lipinski definition) is 4. The van der Waals surface area contributed by atoms with Crippen molar-refractivity contribution in [3.63, 3.8) is 0 Å². The summed E-state index contributed by atoms with van der Waals surface area (Å²) in [6, 6.07) is 7.60. The summed E-state index contributed by atoms with van der Waals surface area (Å²) in [6.45, 7) is 5.44. The maximum absolute atomic E-state index is 12.4. The Bertz CT molecular complexity index is 850. The molecule has 7 heteroatoms. The Hall–Kier alpha value is -2.67. The lowest BCUT2D eigenvalue weighted by Crippen LogP contribution is -2.13. The van der Waals surface area contributed by atoms with Crippen LogP contribution in [0.1, 0.15) is 35.9 Å². The normalized spacial score (nSPS) is 11.3. The van der Waals surface area contributed by atoms with Crippen molar-refractivity contribution < 1.29 is 9.53 Å². The van der Waals surface area contributed by atoms with Crippen molar-refractivity contribution in [3.8, 4) is 0 Å². The topological polar surface area (TPSA) is 84.8 Å². The van der Waals surface area contributed by atoms with E-state index in [1.165, 1.54) is 0 Å². The molecule has 1 aromatic carbocycles. The van der Waals surface area contributed by atoms with E-state index in [1.54, 1.807) is 13.2 Å². The third-order valence-corrected chi connectivity index (χ3v) is 3.84. The van der Waals surface area contributed by atoms with Crippen molar-refractivity contribution in [2.75, 3.05) is 19.0 Å². The maximum atomic E-state index is 12.4. The number of anilines is 1. The van der Waals surface area contributed by atoms with Crippen LogP contribution in [0.25, 0.3) is 10.9 Å². The first-order chi connectivity index (χ1) is 11.6. The minimum Gasteiger partial charge on any atom is -0.383 e. The Labute approximate surface area is 140 Å². The van der Waals surface area contributed by atoms with E-state index in [0.29, 0.717) is 18.1 Å². The van der Waals surface area contributed by atoms with Crippen molar-refractivity contribution in [1.29, 1.82) is 0 Å². The second kappa shape index (κ2) is 6.84. The number of amides is 1. The van der Waals surface area contributed by atoms with E-state index in [2.05, 4.69) is 25.1 Å². The first-order valence-corrected chi connectivity index (χ1v) is 7.90. The third kappa shape index (κ3) is 3.30. The molecule has 7 nitrogen and oxygen atoms in total. The van der Waals surface area contributed by atoms with Gasteiger partial charge in [-0.25, -0.2) is 0 Å².